The second-order valence-corrected chi connectivity index (χ2v) is 7.15. The number of halogens is 2. The van der Waals surface area contributed by atoms with Crippen molar-refractivity contribution in [1.29, 1.82) is 0 Å². The number of nitrogens with one attached hydrogen (secondary N) is 1. The Balaban J connectivity index is 2.83. The topological polar surface area (TPSA) is 64.3 Å². The van der Waals surface area contributed by atoms with Crippen LogP contribution < -0.4 is 11.1 Å². The SMILES string of the molecule is CC(C)(C)OC(=O)NCC(C)(CN)c1cc(Cl)cc(Cl)c1. The molecule has 1 atom stereocenters. The number of hydrogen-bond donors (Lipinski definition) is 2. The number of amides is 1. The Kier molecular flexibility index (Phi) is 5.91. The summed E-state index contributed by atoms with van der Waals surface area (Å²) in [5.41, 5.74) is 5.73. The van der Waals surface area contributed by atoms with E-state index in [0.29, 0.717) is 23.1 Å². The van der Waals surface area contributed by atoms with Gasteiger partial charge in [0.05, 0.1) is 0 Å². The molecule has 0 bridgehead atoms. The standard InChI is InChI=1S/C15H22Cl2N2O2/c1-14(2,3)21-13(20)19-9-15(4,8-18)10-5-11(16)7-12(17)6-10/h5-7H,8-9,18H2,1-4H3,(H,19,20). The Morgan fingerprint density at radius 2 is 1.71 bits per heavy atom. The fraction of sp³-hybridized carbons (Fsp3) is 0.533. The van der Waals surface area contributed by atoms with Crippen LogP contribution in [0.1, 0.15) is 33.3 Å². The van der Waals surface area contributed by atoms with Gasteiger partial charge in [0.25, 0.3) is 0 Å². The summed E-state index contributed by atoms with van der Waals surface area (Å²) < 4.78 is 5.22. The minimum Gasteiger partial charge on any atom is -0.444 e. The quantitative estimate of drug-likeness (QED) is 0.882. The molecule has 0 spiro atoms. The van der Waals surface area contributed by atoms with Gasteiger partial charge in [-0.05, 0) is 44.5 Å². The van der Waals surface area contributed by atoms with Gasteiger partial charge in [0, 0.05) is 28.5 Å². The average Bonchev–Trinajstić information content (AvgIpc) is 2.32. The van der Waals surface area contributed by atoms with Crippen LogP contribution in [0.4, 0.5) is 4.79 Å². The molecule has 0 aliphatic rings. The molecule has 0 heterocycles. The highest BCUT2D eigenvalue weighted by atomic mass is 35.5. The second kappa shape index (κ2) is 6.86. The summed E-state index contributed by atoms with van der Waals surface area (Å²) in [4.78, 5) is 11.8. The smallest absolute Gasteiger partial charge is 0.407 e. The molecular weight excluding hydrogens is 311 g/mol. The van der Waals surface area contributed by atoms with Gasteiger partial charge in [-0.2, -0.15) is 0 Å². The zero-order chi connectivity index (χ0) is 16.3. The lowest BCUT2D eigenvalue weighted by Gasteiger charge is -2.30. The van der Waals surface area contributed by atoms with E-state index >= 15 is 0 Å². The summed E-state index contributed by atoms with van der Waals surface area (Å²) in [6.07, 6.45) is -0.477. The fourth-order valence-corrected chi connectivity index (χ4v) is 2.30. The van der Waals surface area contributed by atoms with Crippen LogP contribution in [0.3, 0.4) is 0 Å². The van der Waals surface area contributed by atoms with Crippen LogP contribution in [-0.2, 0) is 10.2 Å². The molecule has 6 heteroatoms. The Bertz CT molecular complexity index is 495. The zero-order valence-corrected chi connectivity index (χ0v) is 14.3. The van der Waals surface area contributed by atoms with Gasteiger partial charge < -0.3 is 15.8 Å². The molecule has 0 saturated heterocycles. The summed E-state index contributed by atoms with van der Waals surface area (Å²) in [5.74, 6) is 0. The van der Waals surface area contributed by atoms with Crippen LogP contribution in [0.15, 0.2) is 18.2 Å². The van der Waals surface area contributed by atoms with Crippen LogP contribution in [0.2, 0.25) is 10.0 Å². The van der Waals surface area contributed by atoms with Crippen molar-refractivity contribution in [1.82, 2.24) is 5.32 Å². The lowest BCUT2D eigenvalue weighted by atomic mass is 9.82. The van der Waals surface area contributed by atoms with E-state index in [1.54, 1.807) is 18.2 Å². The zero-order valence-electron chi connectivity index (χ0n) is 12.8. The first-order chi connectivity index (χ1) is 9.55. The molecule has 21 heavy (non-hydrogen) atoms. The van der Waals surface area contributed by atoms with Crippen molar-refractivity contribution in [3.63, 3.8) is 0 Å². The average molecular weight is 333 g/mol. The van der Waals surface area contributed by atoms with Gasteiger partial charge in [0.1, 0.15) is 5.60 Å². The molecule has 0 fully saturated rings. The predicted octanol–water partition coefficient (Wildman–Crippen LogP) is 3.73. The molecule has 1 aromatic carbocycles. The van der Waals surface area contributed by atoms with E-state index in [1.807, 2.05) is 27.7 Å². The largest absolute Gasteiger partial charge is 0.444 e. The van der Waals surface area contributed by atoms with Crippen molar-refractivity contribution in [3.05, 3.63) is 33.8 Å². The molecule has 0 saturated carbocycles. The molecule has 0 aliphatic carbocycles. The Morgan fingerprint density at radius 3 is 2.14 bits per heavy atom. The van der Waals surface area contributed by atoms with Crippen LogP contribution in [0.5, 0.6) is 0 Å². The maximum absolute atomic E-state index is 11.8. The summed E-state index contributed by atoms with van der Waals surface area (Å²) in [6, 6.07) is 5.26. The van der Waals surface area contributed by atoms with Gasteiger partial charge in [-0.3, -0.25) is 0 Å². The van der Waals surface area contributed by atoms with E-state index in [1.165, 1.54) is 0 Å². The summed E-state index contributed by atoms with van der Waals surface area (Å²) in [6.45, 7) is 8.03. The van der Waals surface area contributed by atoms with E-state index < -0.39 is 17.1 Å². The molecular formula is C15H22Cl2N2O2. The van der Waals surface area contributed by atoms with Crippen LogP contribution >= 0.6 is 23.2 Å². The van der Waals surface area contributed by atoms with Crippen LogP contribution in [-0.4, -0.2) is 24.8 Å². The molecule has 1 unspecified atom stereocenters. The number of alkyl carbamates (subject to hydrolysis) is 1. The first-order valence-electron chi connectivity index (χ1n) is 6.69. The molecule has 118 valence electrons. The third-order valence-corrected chi connectivity index (χ3v) is 3.47. The van der Waals surface area contributed by atoms with E-state index in [4.69, 9.17) is 33.7 Å². The highest BCUT2D eigenvalue weighted by Gasteiger charge is 2.27. The third-order valence-electron chi connectivity index (χ3n) is 3.03. The molecule has 0 aromatic heterocycles. The summed E-state index contributed by atoms with van der Waals surface area (Å²) >= 11 is 12.1. The maximum Gasteiger partial charge on any atom is 0.407 e. The molecule has 1 rings (SSSR count). The number of hydrogen-bond acceptors (Lipinski definition) is 3. The summed E-state index contributed by atoms with van der Waals surface area (Å²) in [5, 5.41) is 3.81. The van der Waals surface area contributed by atoms with Gasteiger partial charge in [0.2, 0.25) is 0 Å². The number of ether oxygens (including phenoxy) is 1. The number of carbonyl (C=O) groups is 1. The number of benzene rings is 1. The monoisotopic (exact) mass is 332 g/mol. The minimum atomic E-state index is -0.539. The van der Waals surface area contributed by atoms with Gasteiger partial charge in [-0.1, -0.05) is 30.1 Å². The lowest BCUT2D eigenvalue weighted by Crippen LogP contribution is -2.45. The predicted molar refractivity (Wildman–Crippen MR) is 87.1 cm³/mol. The summed E-state index contributed by atoms with van der Waals surface area (Å²) in [7, 11) is 0. The van der Waals surface area contributed by atoms with Crippen molar-refractivity contribution in [2.75, 3.05) is 13.1 Å². The van der Waals surface area contributed by atoms with E-state index in [-0.39, 0.29) is 0 Å². The molecule has 1 amide bonds. The maximum atomic E-state index is 11.8. The Hall–Kier alpha value is -0.970. The van der Waals surface area contributed by atoms with Gasteiger partial charge >= 0.3 is 6.09 Å². The van der Waals surface area contributed by atoms with Crippen LogP contribution in [0.25, 0.3) is 0 Å². The van der Waals surface area contributed by atoms with Crippen LogP contribution in [0, 0.1) is 0 Å². The first kappa shape index (κ1) is 18.1. The lowest BCUT2D eigenvalue weighted by molar-refractivity contribution is 0.0516. The molecule has 0 aliphatic heterocycles. The number of carbonyl (C=O) groups excluding carboxylic acids is 1. The normalized spacial score (nSPS) is 14.4. The van der Waals surface area contributed by atoms with E-state index in [0.717, 1.165) is 5.56 Å². The molecule has 4 nitrogen and oxygen atoms in total. The molecule has 0 radical (unpaired) electrons. The highest BCUT2D eigenvalue weighted by molar-refractivity contribution is 6.34. The Labute approximate surface area is 135 Å². The van der Waals surface area contributed by atoms with Crippen molar-refractivity contribution in [3.8, 4) is 0 Å². The minimum absolute atomic E-state index is 0.328. The molecule has 1 aromatic rings. The van der Waals surface area contributed by atoms with Crippen molar-refractivity contribution in [2.45, 2.75) is 38.7 Å². The van der Waals surface area contributed by atoms with E-state index in [9.17, 15) is 4.79 Å². The third kappa shape index (κ3) is 5.73. The van der Waals surface area contributed by atoms with Crippen molar-refractivity contribution >= 4 is 29.3 Å². The second-order valence-electron chi connectivity index (χ2n) is 6.28. The first-order valence-corrected chi connectivity index (χ1v) is 7.45. The van der Waals surface area contributed by atoms with Crippen molar-refractivity contribution < 1.29 is 9.53 Å². The Morgan fingerprint density at radius 1 is 1.19 bits per heavy atom. The molecule has 3 N–H and O–H groups in total. The van der Waals surface area contributed by atoms with Gasteiger partial charge in [-0.25, -0.2) is 4.79 Å². The van der Waals surface area contributed by atoms with Crippen molar-refractivity contribution in [2.24, 2.45) is 5.73 Å². The highest BCUT2D eigenvalue weighted by Crippen LogP contribution is 2.28. The van der Waals surface area contributed by atoms with Gasteiger partial charge in [-0.15, -0.1) is 0 Å². The fourth-order valence-electron chi connectivity index (χ4n) is 1.78. The number of rotatable bonds is 4. The van der Waals surface area contributed by atoms with Gasteiger partial charge in [0.15, 0.2) is 0 Å². The number of nitrogens with two attached hydrogens (primary N) is 1. The van der Waals surface area contributed by atoms with E-state index in [2.05, 4.69) is 5.32 Å².